The monoisotopic (exact) mass is 390 g/mol. The van der Waals surface area contributed by atoms with Gasteiger partial charge in [0.25, 0.3) is 5.91 Å². The van der Waals surface area contributed by atoms with Gasteiger partial charge >= 0.3 is 0 Å². The van der Waals surface area contributed by atoms with E-state index in [0.29, 0.717) is 15.6 Å². The van der Waals surface area contributed by atoms with Crippen molar-refractivity contribution in [3.8, 4) is 0 Å². The Morgan fingerprint density at radius 3 is 2.46 bits per heavy atom. The number of piperidine rings is 1. The smallest absolute Gasteiger partial charge is 0.251 e. The summed E-state index contributed by atoms with van der Waals surface area (Å²) in [6.07, 6.45) is 4.26. The van der Waals surface area contributed by atoms with Gasteiger partial charge < -0.3 is 10.2 Å². The van der Waals surface area contributed by atoms with Crippen molar-refractivity contribution >= 4 is 29.1 Å². The van der Waals surface area contributed by atoms with Crippen molar-refractivity contribution in [2.75, 3.05) is 19.6 Å². The average Bonchev–Trinajstić information content (AvgIpc) is 2.66. The van der Waals surface area contributed by atoms with Gasteiger partial charge in [-0.05, 0) is 56.0 Å². The first-order chi connectivity index (χ1) is 12.6. The Kier molecular flexibility index (Phi) is 6.95. The maximum atomic E-state index is 12.4. The zero-order valence-electron chi connectivity index (χ0n) is 14.8. The number of likely N-dealkylation sites (tertiary alicyclic amines) is 1. The van der Waals surface area contributed by atoms with Crippen LogP contribution in [0.25, 0.3) is 0 Å². The number of halogens is 2. The van der Waals surface area contributed by atoms with Gasteiger partial charge in [-0.25, -0.2) is 0 Å². The summed E-state index contributed by atoms with van der Waals surface area (Å²) in [7, 11) is 0. The summed E-state index contributed by atoms with van der Waals surface area (Å²) in [6, 6.07) is 15.8. The molecule has 5 heteroatoms. The van der Waals surface area contributed by atoms with E-state index in [2.05, 4.69) is 40.5 Å². The predicted octanol–water partition coefficient (Wildman–Crippen LogP) is 4.82. The lowest BCUT2D eigenvalue weighted by Gasteiger charge is -2.32. The molecule has 1 fully saturated rings. The third-order valence-corrected chi connectivity index (χ3v) is 5.63. The summed E-state index contributed by atoms with van der Waals surface area (Å²) >= 11 is 11.9. The van der Waals surface area contributed by atoms with E-state index in [1.807, 2.05) is 0 Å². The summed E-state index contributed by atoms with van der Waals surface area (Å²) in [6.45, 7) is 3.17. The highest BCUT2D eigenvalue weighted by atomic mass is 35.5. The molecule has 1 aliphatic rings. The Bertz CT molecular complexity index is 728. The molecule has 0 unspecified atom stereocenters. The van der Waals surface area contributed by atoms with E-state index < -0.39 is 0 Å². The number of aryl methyl sites for hydroxylation is 1. The predicted molar refractivity (Wildman–Crippen MR) is 108 cm³/mol. The second kappa shape index (κ2) is 9.40. The maximum absolute atomic E-state index is 12.4. The van der Waals surface area contributed by atoms with Crippen molar-refractivity contribution < 1.29 is 4.79 Å². The molecule has 1 heterocycles. The molecular weight excluding hydrogens is 367 g/mol. The molecule has 3 rings (SSSR count). The van der Waals surface area contributed by atoms with Gasteiger partial charge in [0, 0.05) is 24.7 Å². The molecule has 0 atom stereocenters. The van der Waals surface area contributed by atoms with Crippen LogP contribution in [-0.4, -0.2) is 36.5 Å². The number of amides is 1. The zero-order valence-corrected chi connectivity index (χ0v) is 16.3. The summed E-state index contributed by atoms with van der Waals surface area (Å²) in [5, 5.41) is 3.99. The Morgan fingerprint density at radius 1 is 1.04 bits per heavy atom. The minimum atomic E-state index is -0.0777. The minimum Gasteiger partial charge on any atom is -0.349 e. The molecule has 0 bridgehead atoms. The zero-order chi connectivity index (χ0) is 18.4. The second-order valence-electron chi connectivity index (χ2n) is 6.81. The van der Waals surface area contributed by atoms with E-state index in [1.165, 1.54) is 12.0 Å². The van der Waals surface area contributed by atoms with Gasteiger partial charge in [0.15, 0.2) is 0 Å². The van der Waals surface area contributed by atoms with Crippen LogP contribution in [0, 0.1) is 0 Å². The fourth-order valence-corrected chi connectivity index (χ4v) is 3.66. The first-order valence-corrected chi connectivity index (χ1v) is 9.89. The van der Waals surface area contributed by atoms with Crippen molar-refractivity contribution in [1.29, 1.82) is 0 Å². The molecule has 0 radical (unpaired) electrons. The Morgan fingerprint density at radius 2 is 1.77 bits per heavy atom. The first kappa shape index (κ1) is 19.2. The van der Waals surface area contributed by atoms with Gasteiger partial charge in [-0.3, -0.25) is 4.79 Å². The lowest BCUT2D eigenvalue weighted by Crippen LogP contribution is -2.44. The lowest BCUT2D eigenvalue weighted by atomic mass is 10.0. The number of hydrogen-bond donors (Lipinski definition) is 1. The summed E-state index contributed by atoms with van der Waals surface area (Å²) in [5.41, 5.74) is 1.96. The van der Waals surface area contributed by atoms with Gasteiger partial charge in [0.1, 0.15) is 0 Å². The summed E-state index contributed by atoms with van der Waals surface area (Å²) < 4.78 is 0. The summed E-state index contributed by atoms with van der Waals surface area (Å²) in [5.74, 6) is -0.0777. The number of nitrogens with one attached hydrogen (secondary N) is 1. The van der Waals surface area contributed by atoms with Crippen molar-refractivity contribution in [2.45, 2.75) is 31.7 Å². The number of nitrogens with zero attached hydrogens (tertiary/aromatic N) is 1. The van der Waals surface area contributed by atoms with Crippen LogP contribution in [0.3, 0.4) is 0 Å². The summed E-state index contributed by atoms with van der Waals surface area (Å²) in [4.78, 5) is 14.9. The molecule has 1 saturated heterocycles. The van der Waals surface area contributed by atoms with E-state index in [9.17, 15) is 4.79 Å². The van der Waals surface area contributed by atoms with Crippen LogP contribution in [0.5, 0.6) is 0 Å². The molecule has 1 aliphatic heterocycles. The number of carbonyl (C=O) groups is 1. The van der Waals surface area contributed by atoms with E-state index in [1.54, 1.807) is 18.2 Å². The lowest BCUT2D eigenvalue weighted by molar-refractivity contribution is 0.0911. The molecular formula is C21H24Cl2N2O. The average molecular weight is 391 g/mol. The molecule has 0 spiro atoms. The largest absolute Gasteiger partial charge is 0.349 e. The van der Waals surface area contributed by atoms with Crippen LogP contribution in [-0.2, 0) is 6.42 Å². The third kappa shape index (κ3) is 5.47. The van der Waals surface area contributed by atoms with Crippen molar-refractivity contribution in [2.24, 2.45) is 0 Å². The highest BCUT2D eigenvalue weighted by Gasteiger charge is 2.21. The molecule has 2 aromatic rings. The normalized spacial score (nSPS) is 15.8. The van der Waals surface area contributed by atoms with Crippen LogP contribution in [0.15, 0.2) is 48.5 Å². The van der Waals surface area contributed by atoms with Crippen LogP contribution < -0.4 is 5.32 Å². The third-order valence-electron chi connectivity index (χ3n) is 4.89. The number of rotatable bonds is 6. The number of hydrogen-bond acceptors (Lipinski definition) is 2. The molecule has 2 aromatic carbocycles. The van der Waals surface area contributed by atoms with Crippen molar-refractivity contribution in [3.05, 3.63) is 69.7 Å². The Balaban J connectivity index is 1.39. The number of benzene rings is 2. The van der Waals surface area contributed by atoms with Gasteiger partial charge in [-0.2, -0.15) is 0 Å². The molecule has 138 valence electrons. The maximum Gasteiger partial charge on any atom is 0.251 e. The van der Waals surface area contributed by atoms with Gasteiger partial charge in [0.2, 0.25) is 0 Å². The van der Waals surface area contributed by atoms with Crippen LogP contribution in [0.4, 0.5) is 0 Å². The Hall–Kier alpha value is -1.55. The minimum absolute atomic E-state index is 0.0777. The fraction of sp³-hybridized carbons (Fsp3) is 0.381. The molecule has 1 N–H and O–H groups in total. The van der Waals surface area contributed by atoms with Crippen LogP contribution >= 0.6 is 23.2 Å². The fourth-order valence-electron chi connectivity index (χ4n) is 3.36. The van der Waals surface area contributed by atoms with Gasteiger partial charge in [-0.15, -0.1) is 0 Å². The molecule has 1 amide bonds. The topological polar surface area (TPSA) is 32.3 Å². The van der Waals surface area contributed by atoms with Crippen LogP contribution in [0.2, 0.25) is 10.0 Å². The second-order valence-corrected chi connectivity index (χ2v) is 7.62. The van der Waals surface area contributed by atoms with E-state index in [0.717, 1.165) is 38.9 Å². The van der Waals surface area contributed by atoms with Crippen molar-refractivity contribution in [3.63, 3.8) is 0 Å². The van der Waals surface area contributed by atoms with Gasteiger partial charge in [0.05, 0.1) is 10.0 Å². The van der Waals surface area contributed by atoms with E-state index >= 15 is 0 Å². The molecule has 26 heavy (non-hydrogen) atoms. The molecule has 0 aliphatic carbocycles. The number of carbonyl (C=O) groups excluding carboxylic acids is 1. The Labute approximate surface area is 165 Å². The van der Waals surface area contributed by atoms with Crippen LogP contribution in [0.1, 0.15) is 35.2 Å². The quantitative estimate of drug-likeness (QED) is 0.766. The first-order valence-electron chi connectivity index (χ1n) is 9.14. The van der Waals surface area contributed by atoms with E-state index in [4.69, 9.17) is 23.2 Å². The van der Waals surface area contributed by atoms with Crippen molar-refractivity contribution in [1.82, 2.24) is 10.2 Å². The highest BCUT2D eigenvalue weighted by molar-refractivity contribution is 6.42. The standard InChI is InChI=1S/C21H24Cl2N2O/c22-19-9-8-17(15-20(19)23)21(26)24-18-10-13-25(14-11-18)12-4-7-16-5-2-1-3-6-16/h1-3,5-6,8-9,15,18H,4,7,10-14H2,(H,24,26). The van der Waals surface area contributed by atoms with Gasteiger partial charge in [-0.1, -0.05) is 53.5 Å². The highest BCUT2D eigenvalue weighted by Crippen LogP contribution is 2.23. The molecule has 0 aromatic heterocycles. The SMILES string of the molecule is O=C(NC1CCN(CCCc2ccccc2)CC1)c1ccc(Cl)c(Cl)c1. The molecule has 0 saturated carbocycles. The molecule has 3 nitrogen and oxygen atoms in total. The van der Waals surface area contributed by atoms with E-state index in [-0.39, 0.29) is 11.9 Å².